The zero-order valence-corrected chi connectivity index (χ0v) is 27.6. The van der Waals surface area contributed by atoms with Crippen molar-refractivity contribution in [3.63, 3.8) is 0 Å². The summed E-state index contributed by atoms with van der Waals surface area (Å²) in [6.45, 7) is 0. The Labute approximate surface area is 294 Å². The number of quaternary nitrogens is 1. The molecule has 2 heteroatoms. The van der Waals surface area contributed by atoms with E-state index in [9.17, 15) is 0 Å². The van der Waals surface area contributed by atoms with E-state index in [-0.39, 0.29) is 0 Å². The highest BCUT2D eigenvalue weighted by atomic mass is 15.4. The van der Waals surface area contributed by atoms with Crippen LogP contribution < -0.4 is 9.38 Å². The van der Waals surface area contributed by atoms with Crippen molar-refractivity contribution in [2.24, 2.45) is 0 Å². The van der Waals surface area contributed by atoms with E-state index in [1.165, 1.54) is 56.1 Å². The Bertz CT molecular complexity index is 2350. The fraction of sp³-hybridized carbons (Fsp3) is 0. The lowest BCUT2D eigenvalue weighted by atomic mass is 9.98. The lowest BCUT2D eigenvalue weighted by Crippen LogP contribution is -2.30. The highest BCUT2D eigenvalue weighted by Crippen LogP contribution is 2.62. The minimum absolute atomic E-state index is 0.557. The van der Waals surface area contributed by atoms with Gasteiger partial charge in [0.1, 0.15) is 11.4 Å². The van der Waals surface area contributed by atoms with E-state index >= 15 is 0 Å². The standard InChI is InChI=1S/C48H35N2/c1-5-15-36(16-6-1)37-25-30-41(31-26-37)49(40-17-7-2-8-18-40)42-32-27-38(28-33-42)39-29-34-48-46(35-39)45-23-13-14-24-47(45)50(48,43-19-9-3-10-20-43)44-21-11-4-12-22-44/h1-35H/q+1. The van der Waals surface area contributed by atoms with Gasteiger partial charge in [-0.25, -0.2) is 0 Å². The summed E-state index contributed by atoms with van der Waals surface area (Å²) in [4.78, 5) is 2.32. The molecule has 8 aromatic carbocycles. The molecular weight excluding hydrogens is 605 g/mol. The molecule has 236 valence electrons. The third kappa shape index (κ3) is 4.94. The lowest BCUT2D eigenvalue weighted by Gasteiger charge is -2.34. The van der Waals surface area contributed by atoms with Gasteiger partial charge in [0, 0.05) is 53.5 Å². The van der Waals surface area contributed by atoms with Crippen molar-refractivity contribution in [3.8, 4) is 33.4 Å². The van der Waals surface area contributed by atoms with Crippen LogP contribution in [0.25, 0.3) is 33.4 Å². The molecule has 1 aliphatic heterocycles. The molecule has 0 spiro atoms. The molecule has 0 unspecified atom stereocenters. The van der Waals surface area contributed by atoms with Crippen LogP contribution in [0.5, 0.6) is 0 Å². The Balaban J connectivity index is 1.12. The summed E-state index contributed by atoms with van der Waals surface area (Å²) < 4.78 is 0.557. The predicted octanol–water partition coefficient (Wildman–Crippen LogP) is 13.8. The summed E-state index contributed by atoms with van der Waals surface area (Å²) >= 11 is 0. The van der Waals surface area contributed by atoms with Crippen LogP contribution in [0.4, 0.5) is 39.8 Å². The van der Waals surface area contributed by atoms with E-state index < -0.39 is 0 Å². The maximum Gasteiger partial charge on any atom is 0.156 e. The third-order valence-electron chi connectivity index (χ3n) is 9.91. The van der Waals surface area contributed by atoms with Gasteiger partial charge in [-0.1, -0.05) is 121 Å². The van der Waals surface area contributed by atoms with Crippen LogP contribution in [0.1, 0.15) is 0 Å². The maximum absolute atomic E-state index is 2.38. The van der Waals surface area contributed by atoms with Crippen molar-refractivity contribution in [1.29, 1.82) is 0 Å². The van der Waals surface area contributed by atoms with Gasteiger partial charge in [-0.2, -0.15) is 4.48 Å². The SMILES string of the molecule is c1ccc(-c2ccc(N(c3ccccc3)c3ccc(-c4ccc5c(c4)-c4ccccc4[N+]5(c4ccccc4)c4ccccc4)cc3)cc2)cc1. The van der Waals surface area contributed by atoms with E-state index in [1.807, 2.05) is 0 Å². The second kappa shape index (κ2) is 12.5. The number of para-hydroxylation sites is 4. The van der Waals surface area contributed by atoms with Crippen molar-refractivity contribution in [2.45, 2.75) is 0 Å². The normalized spacial score (nSPS) is 12.6. The van der Waals surface area contributed by atoms with Gasteiger partial charge in [-0.15, -0.1) is 0 Å². The number of nitrogens with zero attached hydrogens (tertiary/aromatic N) is 2. The Kier molecular flexibility index (Phi) is 7.42. The summed E-state index contributed by atoms with van der Waals surface area (Å²) in [6, 6.07) is 76.6. The van der Waals surface area contributed by atoms with Crippen molar-refractivity contribution in [1.82, 2.24) is 4.48 Å². The van der Waals surface area contributed by atoms with Crippen molar-refractivity contribution in [3.05, 3.63) is 212 Å². The van der Waals surface area contributed by atoms with E-state index in [0.717, 1.165) is 17.1 Å². The van der Waals surface area contributed by atoms with Crippen LogP contribution in [0.3, 0.4) is 0 Å². The molecule has 0 N–H and O–H groups in total. The molecular formula is C48H35N2+. The molecule has 0 radical (unpaired) electrons. The molecule has 8 aromatic rings. The first-order valence-electron chi connectivity index (χ1n) is 17.2. The average molecular weight is 640 g/mol. The minimum Gasteiger partial charge on any atom is -0.311 e. The van der Waals surface area contributed by atoms with Crippen LogP contribution in [0.15, 0.2) is 212 Å². The quantitative estimate of drug-likeness (QED) is 0.157. The number of rotatable bonds is 7. The smallest absolute Gasteiger partial charge is 0.156 e. The lowest BCUT2D eigenvalue weighted by molar-refractivity contribution is 0.721. The first kappa shape index (κ1) is 29.6. The van der Waals surface area contributed by atoms with Crippen LogP contribution in [-0.4, -0.2) is 0 Å². The Morgan fingerprint density at radius 1 is 0.280 bits per heavy atom. The molecule has 1 heterocycles. The number of anilines is 3. The summed E-state index contributed by atoms with van der Waals surface area (Å²) in [5.41, 5.74) is 15.7. The molecule has 2 nitrogen and oxygen atoms in total. The molecule has 0 fully saturated rings. The Morgan fingerprint density at radius 3 is 1.26 bits per heavy atom. The highest BCUT2D eigenvalue weighted by Gasteiger charge is 2.47. The van der Waals surface area contributed by atoms with Crippen LogP contribution in [0.2, 0.25) is 0 Å². The summed E-state index contributed by atoms with van der Waals surface area (Å²) in [5.74, 6) is 0. The van der Waals surface area contributed by atoms with Crippen LogP contribution in [-0.2, 0) is 0 Å². The molecule has 1 aliphatic rings. The zero-order chi connectivity index (χ0) is 33.3. The minimum atomic E-state index is 0.557. The second-order valence-corrected chi connectivity index (χ2v) is 12.7. The van der Waals surface area contributed by atoms with E-state index in [4.69, 9.17) is 0 Å². The summed E-state index contributed by atoms with van der Waals surface area (Å²) in [6.07, 6.45) is 0. The predicted molar refractivity (Wildman–Crippen MR) is 211 cm³/mol. The van der Waals surface area contributed by atoms with E-state index in [2.05, 4.69) is 217 Å². The average Bonchev–Trinajstić information content (AvgIpc) is 3.50. The molecule has 0 aromatic heterocycles. The summed E-state index contributed by atoms with van der Waals surface area (Å²) in [7, 11) is 0. The summed E-state index contributed by atoms with van der Waals surface area (Å²) in [5, 5.41) is 0. The maximum atomic E-state index is 2.38. The fourth-order valence-corrected chi connectivity index (χ4v) is 7.62. The number of hydrogen-bond donors (Lipinski definition) is 0. The van der Waals surface area contributed by atoms with E-state index in [1.54, 1.807) is 0 Å². The molecule has 0 atom stereocenters. The first-order chi connectivity index (χ1) is 24.8. The molecule has 0 bridgehead atoms. The largest absolute Gasteiger partial charge is 0.311 e. The van der Waals surface area contributed by atoms with Gasteiger partial charge >= 0.3 is 0 Å². The van der Waals surface area contributed by atoms with Crippen LogP contribution >= 0.6 is 0 Å². The molecule has 0 saturated carbocycles. The van der Waals surface area contributed by atoms with Gasteiger partial charge in [0.05, 0.1) is 11.1 Å². The van der Waals surface area contributed by atoms with Crippen molar-refractivity contribution < 1.29 is 0 Å². The molecule has 50 heavy (non-hydrogen) atoms. The zero-order valence-electron chi connectivity index (χ0n) is 27.6. The van der Waals surface area contributed by atoms with Crippen LogP contribution in [0, 0.1) is 0 Å². The molecule has 9 rings (SSSR count). The van der Waals surface area contributed by atoms with Gasteiger partial charge in [0.2, 0.25) is 0 Å². The Morgan fingerprint density at radius 2 is 0.680 bits per heavy atom. The molecule has 0 amide bonds. The third-order valence-corrected chi connectivity index (χ3v) is 9.91. The molecule has 0 saturated heterocycles. The van der Waals surface area contributed by atoms with E-state index in [0.29, 0.717) is 4.48 Å². The highest BCUT2D eigenvalue weighted by molar-refractivity contribution is 6.03. The van der Waals surface area contributed by atoms with Crippen molar-refractivity contribution >= 4 is 39.8 Å². The second-order valence-electron chi connectivity index (χ2n) is 12.7. The number of hydrogen-bond acceptors (Lipinski definition) is 1. The van der Waals surface area contributed by atoms with Gasteiger partial charge in [-0.3, -0.25) is 0 Å². The fourth-order valence-electron chi connectivity index (χ4n) is 7.62. The first-order valence-corrected chi connectivity index (χ1v) is 17.2. The van der Waals surface area contributed by atoms with Gasteiger partial charge in [0.15, 0.2) is 11.4 Å². The number of fused-ring (bicyclic) bond motifs is 3. The monoisotopic (exact) mass is 639 g/mol. The van der Waals surface area contributed by atoms with Gasteiger partial charge in [-0.05, 0) is 76.9 Å². The topological polar surface area (TPSA) is 3.24 Å². The Hall–Kier alpha value is -6.48. The number of benzene rings is 8. The van der Waals surface area contributed by atoms with Gasteiger partial charge < -0.3 is 4.90 Å². The van der Waals surface area contributed by atoms with Crippen molar-refractivity contribution in [2.75, 3.05) is 4.90 Å². The van der Waals surface area contributed by atoms with Gasteiger partial charge in [0.25, 0.3) is 0 Å². The molecule has 0 aliphatic carbocycles.